The minimum absolute atomic E-state index is 0.201. The SMILES string of the molecule is Cc1c(N)ccc(F)c1NS(=O)(=O)CS(C)(=O)=O. The molecule has 0 amide bonds. The number of nitrogen functional groups attached to an aromatic ring is 1. The van der Waals surface area contributed by atoms with Crippen molar-refractivity contribution >= 4 is 31.2 Å². The van der Waals surface area contributed by atoms with Crippen molar-refractivity contribution < 1.29 is 21.2 Å². The van der Waals surface area contributed by atoms with E-state index in [0.29, 0.717) is 0 Å². The Morgan fingerprint density at radius 2 is 1.83 bits per heavy atom. The van der Waals surface area contributed by atoms with Crippen LogP contribution < -0.4 is 10.5 Å². The van der Waals surface area contributed by atoms with E-state index >= 15 is 0 Å². The number of hydrogen-bond acceptors (Lipinski definition) is 5. The first kappa shape index (κ1) is 14.7. The van der Waals surface area contributed by atoms with E-state index < -0.39 is 30.8 Å². The van der Waals surface area contributed by atoms with Gasteiger partial charge in [-0.15, -0.1) is 0 Å². The van der Waals surface area contributed by atoms with Gasteiger partial charge in [-0.05, 0) is 24.6 Å². The summed E-state index contributed by atoms with van der Waals surface area (Å²) < 4.78 is 60.3. The van der Waals surface area contributed by atoms with Crippen LogP contribution in [-0.4, -0.2) is 28.2 Å². The zero-order chi connectivity index (χ0) is 14.1. The van der Waals surface area contributed by atoms with Crippen molar-refractivity contribution in [2.24, 2.45) is 0 Å². The summed E-state index contributed by atoms with van der Waals surface area (Å²) in [5.74, 6) is -0.821. The molecular weight excluding hydrogens is 283 g/mol. The molecule has 0 aliphatic rings. The fourth-order valence-corrected chi connectivity index (χ4v) is 4.34. The van der Waals surface area contributed by atoms with Crippen molar-refractivity contribution in [3.8, 4) is 0 Å². The van der Waals surface area contributed by atoms with Crippen LogP contribution in [0.2, 0.25) is 0 Å². The van der Waals surface area contributed by atoms with Crippen molar-refractivity contribution in [1.29, 1.82) is 0 Å². The lowest BCUT2D eigenvalue weighted by atomic mass is 10.1. The molecule has 0 aliphatic heterocycles. The van der Waals surface area contributed by atoms with Crippen molar-refractivity contribution in [2.75, 3.05) is 21.8 Å². The first-order valence-corrected chi connectivity index (χ1v) is 8.46. The third kappa shape index (κ3) is 3.84. The lowest BCUT2D eigenvalue weighted by Crippen LogP contribution is -2.23. The van der Waals surface area contributed by atoms with Gasteiger partial charge in [0.25, 0.3) is 0 Å². The second-order valence-corrected chi connectivity index (χ2v) is 8.12. The van der Waals surface area contributed by atoms with Crippen LogP contribution in [0.3, 0.4) is 0 Å². The minimum atomic E-state index is -4.19. The Hall–Kier alpha value is -1.35. The molecule has 1 aromatic carbocycles. The molecule has 18 heavy (non-hydrogen) atoms. The highest BCUT2D eigenvalue weighted by molar-refractivity contribution is 8.08. The maximum atomic E-state index is 13.5. The summed E-state index contributed by atoms with van der Waals surface area (Å²) in [5, 5.41) is -1.12. The average Bonchev–Trinajstić information content (AvgIpc) is 2.15. The van der Waals surface area contributed by atoms with Crippen molar-refractivity contribution in [2.45, 2.75) is 6.92 Å². The molecule has 0 radical (unpaired) electrons. The number of rotatable bonds is 4. The Balaban J connectivity index is 3.17. The van der Waals surface area contributed by atoms with E-state index in [4.69, 9.17) is 5.73 Å². The van der Waals surface area contributed by atoms with E-state index in [1.165, 1.54) is 13.0 Å². The predicted octanol–water partition coefficient (Wildman–Crippen LogP) is 0.460. The molecule has 0 atom stereocenters. The van der Waals surface area contributed by atoms with E-state index in [0.717, 1.165) is 12.3 Å². The normalized spacial score (nSPS) is 12.4. The van der Waals surface area contributed by atoms with Crippen LogP contribution >= 0.6 is 0 Å². The van der Waals surface area contributed by atoms with Crippen LogP contribution in [0.4, 0.5) is 15.8 Å². The number of benzene rings is 1. The lowest BCUT2D eigenvalue weighted by molar-refractivity contribution is 0.593. The number of nitrogens with one attached hydrogen (secondary N) is 1. The van der Waals surface area contributed by atoms with Crippen molar-refractivity contribution in [3.63, 3.8) is 0 Å². The molecule has 0 saturated carbocycles. The van der Waals surface area contributed by atoms with Gasteiger partial charge in [0.2, 0.25) is 10.0 Å². The summed E-state index contributed by atoms with van der Waals surface area (Å²) in [6.45, 7) is 1.43. The Kier molecular flexibility index (Phi) is 3.86. The largest absolute Gasteiger partial charge is 0.398 e. The predicted molar refractivity (Wildman–Crippen MR) is 67.8 cm³/mol. The zero-order valence-electron chi connectivity index (χ0n) is 9.77. The van der Waals surface area contributed by atoms with Gasteiger partial charge in [0.1, 0.15) is 5.82 Å². The zero-order valence-corrected chi connectivity index (χ0v) is 11.4. The molecular formula is C9H13FN2O4S2. The van der Waals surface area contributed by atoms with Gasteiger partial charge in [0.05, 0.1) is 5.69 Å². The van der Waals surface area contributed by atoms with E-state index in [-0.39, 0.29) is 16.9 Å². The molecule has 0 heterocycles. The fraction of sp³-hybridized carbons (Fsp3) is 0.333. The standard InChI is InChI=1S/C9H13FN2O4S2/c1-6-8(11)4-3-7(10)9(6)12-18(15,16)5-17(2,13)14/h3-4,12H,5,11H2,1-2H3. The van der Waals surface area contributed by atoms with E-state index in [1.54, 1.807) is 0 Å². The smallest absolute Gasteiger partial charge is 0.247 e. The molecule has 0 bridgehead atoms. The number of sulfonamides is 1. The highest BCUT2D eigenvalue weighted by atomic mass is 32.3. The first-order chi connectivity index (χ1) is 8.02. The maximum absolute atomic E-state index is 13.5. The minimum Gasteiger partial charge on any atom is -0.398 e. The molecule has 0 aliphatic carbocycles. The number of sulfone groups is 1. The topological polar surface area (TPSA) is 106 Å². The van der Waals surface area contributed by atoms with E-state index in [1.807, 2.05) is 4.72 Å². The van der Waals surface area contributed by atoms with E-state index in [2.05, 4.69) is 0 Å². The molecule has 0 aromatic heterocycles. The van der Waals surface area contributed by atoms with Gasteiger partial charge < -0.3 is 5.73 Å². The average molecular weight is 296 g/mol. The fourth-order valence-electron chi connectivity index (χ4n) is 1.29. The third-order valence-corrected chi connectivity index (χ3v) is 5.55. The second kappa shape index (κ2) is 4.73. The highest BCUT2D eigenvalue weighted by Gasteiger charge is 2.21. The number of nitrogens with two attached hydrogens (primary N) is 1. The van der Waals surface area contributed by atoms with Gasteiger partial charge in [0, 0.05) is 11.9 Å². The van der Waals surface area contributed by atoms with Crippen LogP contribution in [0.15, 0.2) is 12.1 Å². The highest BCUT2D eigenvalue weighted by Crippen LogP contribution is 2.25. The maximum Gasteiger partial charge on any atom is 0.247 e. The molecule has 0 unspecified atom stereocenters. The molecule has 0 fully saturated rings. The van der Waals surface area contributed by atoms with Crippen molar-refractivity contribution in [1.82, 2.24) is 0 Å². The Morgan fingerprint density at radius 1 is 1.28 bits per heavy atom. The Morgan fingerprint density at radius 3 is 2.33 bits per heavy atom. The summed E-state index contributed by atoms with van der Waals surface area (Å²) in [7, 11) is -7.93. The van der Waals surface area contributed by atoms with Crippen LogP contribution in [0.25, 0.3) is 0 Å². The van der Waals surface area contributed by atoms with Crippen molar-refractivity contribution in [3.05, 3.63) is 23.5 Å². The van der Waals surface area contributed by atoms with Crippen LogP contribution in [0, 0.1) is 12.7 Å². The number of hydrogen-bond donors (Lipinski definition) is 2. The van der Waals surface area contributed by atoms with Gasteiger partial charge in [-0.25, -0.2) is 21.2 Å². The van der Waals surface area contributed by atoms with E-state index in [9.17, 15) is 21.2 Å². The van der Waals surface area contributed by atoms with Gasteiger partial charge in [-0.3, -0.25) is 4.72 Å². The quantitative estimate of drug-likeness (QED) is 0.785. The van der Waals surface area contributed by atoms with Crippen LogP contribution in [0.5, 0.6) is 0 Å². The van der Waals surface area contributed by atoms with Gasteiger partial charge in [-0.1, -0.05) is 0 Å². The summed E-state index contributed by atoms with van der Waals surface area (Å²) in [6.07, 6.45) is 0.773. The molecule has 9 heteroatoms. The molecule has 1 aromatic rings. The molecule has 0 spiro atoms. The summed E-state index contributed by atoms with van der Waals surface area (Å²) in [6, 6.07) is 2.29. The van der Waals surface area contributed by atoms with Crippen LogP contribution in [-0.2, 0) is 19.9 Å². The molecule has 6 nitrogen and oxygen atoms in total. The number of halogens is 1. The number of anilines is 2. The van der Waals surface area contributed by atoms with Crippen LogP contribution in [0.1, 0.15) is 5.56 Å². The summed E-state index contributed by atoms with van der Waals surface area (Å²) in [5.41, 5.74) is 5.58. The molecule has 102 valence electrons. The molecule has 1 rings (SSSR count). The monoisotopic (exact) mass is 296 g/mol. The lowest BCUT2D eigenvalue weighted by Gasteiger charge is -2.12. The Bertz CT molecular complexity index is 668. The summed E-state index contributed by atoms with van der Waals surface area (Å²) >= 11 is 0. The first-order valence-electron chi connectivity index (χ1n) is 4.74. The van der Waals surface area contributed by atoms with Gasteiger partial charge in [-0.2, -0.15) is 0 Å². The third-order valence-electron chi connectivity index (χ3n) is 2.08. The summed E-state index contributed by atoms with van der Waals surface area (Å²) in [4.78, 5) is 0. The second-order valence-electron chi connectivity index (χ2n) is 3.90. The van der Waals surface area contributed by atoms with Gasteiger partial charge >= 0.3 is 0 Å². The van der Waals surface area contributed by atoms with Gasteiger partial charge in [0.15, 0.2) is 14.9 Å². The molecule has 3 N–H and O–H groups in total. The Labute approximate surface area is 105 Å². The molecule has 0 saturated heterocycles.